The van der Waals surface area contributed by atoms with E-state index < -0.39 is 11.9 Å². The van der Waals surface area contributed by atoms with E-state index in [1.807, 2.05) is 0 Å². The predicted molar refractivity (Wildman–Crippen MR) is 53.8 cm³/mol. The highest BCUT2D eigenvalue weighted by atomic mass is 16.5. The van der Waals surface area contributed by atoms with E-state index >= 15 is 0 Å². The van der Waals surface area contributed by atoms with Crippen molar-refractivity contribution in [1.29, 1.82) is 0 Å². The van der Waals surface area contributed by atoms with Gasteiger partial charge in [-0.15, -0.1) is 0 Å². The maximum atomic E-state index is 11.3. The summed E-state index contributed by atoms with van der Waals surface area (Å²) in [5.41, 5.74) is 0.996. The highest BCUT2D eigenvalue weighted by Crippen LogP contribution is 2.21. The summed E-state index contributed by atoms with van der Waals surface area (Å²) in [4.78, 5) is 22.1. The van der Waals surface area contributed by atoms with Gasteiger partial charge in [-0.05, 0) is 19.1 Å². The van der Waals surface area contributed by atoms with E-state index in [2.05, 4.69) is 4.74 Å². The molecule has 0 fully saturated rings. The third-order valence-electron chi connectivity index (χ3n) is 1.94. The molecule has 0 unspecified atom stereocenters. The monoisotopic (exact) mass is 208 g/mol. The van der Waals surface area contributed by atoms with Crippen LogP contribution in [0.5, 0.6) is 5.75 Å². The van der Waals surface area contributed by atoms with E-state index in [0.29, 0.717) is 16.9 Å². The summed E-state index contributed by atoms with van der Waals surface area (Å²) in [7, 11) is 1.31. The van der Waals surface area contributed by atoms with E-state index in [9.17, 15) is 9.59 Å². The van der Waals surface area contributed by atoms with Crippen molar-refractivity contribution in [2.24, 2.45) is 0 Å². The highest BCUT2D eigenvalue weighted by Gasteiger charge is 2.13. The van der Waals surface area contributed by atoms with E-state index in [-0.39, 0.29) is 0 Å². The van der Waals surface area contributed by atoms with Gasteiger partial charge in [0.2, 0.25) is 0 Å². The minimum atomic E-state index is -0.443. The van der Waals surface area contributed by atoms with Crippen LogP contribution in [0, 0.1) is 6.92 Å². The van der Waals surface area contributed by atoms with Crippen LogP contribution in [-0.4, -0.2) is 19.0 Å². The van der Waals surface area contributed by atoms with Gasteiger partial charge in [-0.3, -0.25) is 4.79 Å². The molecule has 1 aromatic rings. The van der Waals surface area contributed by atoms with Crippen molar-refractivity contribution in [1.82, 2.24) is 0 Å². The van der Waals surface area contributed by atoms with Gasteiger partial charge in [0, 0.05) is 12.5 Å². The fourth-order valence-electron chi connectivity index (χ4n) is 1.21. The van der Waals surface area contributed by atoms with E-state index in [4.69, 9.17) is 4.74 Å². The van der Waals surface area contributed by atoms with Crippen molar-refractivity contribution >= 4 is 11.9 Å². The zero-order chi connectivity index (χ0) is 11.4. The summed E-state index contributed by atoms with van der Waals surface area (Å²) < 4.78 is 9.53. The first-order valence-corrected chi connectivity index (χ1v) is 4.42. The first-order chi connectivity index (χ1) is 7.06. The SMILES string of the molecule is COC(=O)c1cccc(OC(C)=O)c1C. The van der Waals surface area contributed by atoms with Crippen molar-refractivity contribution in [3.05, 3.63) is 29.3 Å². The fraction of sp³-hybridized carbons (Fsp3) is 0.273. The lowest BCUT2D eigenvalue weighted by molar-refractivity contribution is -0.131. The normalized spacial score (nSPS) is 9.53. The maximum absolute atomic E-state index is 11.3. The predicted octanol–water partition coefficient (Wildman–Crippen LogP) is 1.71. The van der Waals surface area contributed by atoms with Crippen LogP contribution < -0.4 is 4.74 Å². The summed E-state index contributed by atoms with van der Waals surface area (Å²) in [6.07, 6.45) is 0. The summed E-state index contributed by atoms with van der Waals surface area (Å²) in [5, 5.41) is 0. The molecule has 0 atom stereocenters. The number of hydrogen-bond acceptors (Lipinski definition) is 4. The Kier molecular flexibility index (Phi) is 3.44. The zero-order valence-corrected chi connectivity index (χ0v) is 8.87. The molecule has 0 amide bonds. The quantitative estimate of drug-likeness (QED) is 0.548. The number of ether oxygens (including phenoxy) is 2. The Labute approximate surface area is 87.8 Å². The summed E-state index contributed by atoms with van der Waals surface area (Å²) >= 11 is 0. The van der Waals surface area contributed by atoms with Crippen LogP contribution in [0.4, 0.5) is 0 Å². The molecule has 0 N–H and O–H groups in total. The molecule has 0 aliphatic heterocycles. The number of benzene rings is 1. The van der Waals surface area contributed by atoms with Crippen LogP contribution in [0.1, 0.15) is 22.8 Å². The minimum Gasteiger partial charge on any atom is -0.465 e. The smallest absolute Gasteiger partial charge is 0.338 e. The number of esters is 2. The van der Waals surface area contributed by atoms with Gasteiger partial charge in [-0.2, -0.15) is 0 Å². The van der Waals surface area contributed by atoms with Gasteiger partial charge in [0.05, 0.1) is 12.7 Å². The van der Waals surface area contributed by atoms with Crippen molar-refractivity contribution in [2.75, 3.05) is 7.11 Å². The number of carbonyl (C=O) groups is 2. The van der Waals surface area contributed by atoms with Crippen molar-refractivity contribution in [2.45, 2.75) is 13.8 Å². The molecule has 15 heavy (non-hydrogen) atoms. The zero-order valence-electron chi connectivity index (χ0n) is 8.87. The van der Waals surface area contributed by atoms with Crippen LogP contribution in [0.15, 0.2) is 18.2 Å². The largest absolute Gasteiger partial charge is 0.465 e. The van der Waals surface area contributed by atoms with E-state index in [1.165, 1.54) is 14.0 Å². The molecule has 4 heteroatoms. The number of carbonyl (C=O) groups excluding carboxylic acids is 2. The van der Waals surface area contributed by atoms with Crippen LogP contribution >= 0.6 is 0 Å². The summed E-state index contributed by atoms with van der Waals surface area (Å²) in [5.74, 6) is -0.480. The van der Waals surface area contributed by atoms with Gasteiger partial charge in [-0.25, -0.2) is 4.79 Å². The minimum absolute atomic E-state index is 0.380. The first-order valence-electron chi connectivity index (χ1n) is 4.42. The number of methoxy groups -OCH3 is 1. The van der Waals surface area contributed by atoms with Crippen molar-refractivity contribution in [3.8, 4) is 5.75 Å². The molecule has 0 spiro atoms. The Morgan fingerprint density at radius 2 is 1.93 bits per heavy atom. The van der Waals surface area contributed by atoms with Crippen LogP contribution in [0.25, 0.3) is 0 Å². The topological polar surface area (TPSA) is 52.6 Å². The average molecular weight is 208 g/mol. The van der Waals surface area contributed by atoms with Gasteiger partial charge in [-0.1, -0.05) is 6.07 Å². The van der Waals surface area contributed by atoms with Crippen LogP contribution in [-0.2, 0) is 9.53 Å². The molecule has 1 rings (SSSR count). The lowest BCUT2D eigenvalue weighted by Crippen LogP contribution is -2.08. The third kappa shape index (κ3) is 2.56. The third-order valence-corrected chi connectivity index (χ3v) is 1.94. The molecule has 0 radical (unpaired) electrons. The molecule has 0 heterocycles. The molecule has 0 saturated heterocycles. The molecule has 0 saturated carbocycles. The van der Waals surface area contributed by atoms with Crippen LogP contribution in [0.2, 0.25) is 0 Å². The molecule has 80 valence electrons. The van der Waals surface area contributed by atoms with Gasteiger partial charge in [0.15, 0.2) is 0 Å². The van der Waals surface area contributed by atoms with Gasteiger partial charge in [0.1, 0.15) is 5.75 Å². The Bertz CT molecular complexity index is 396. The number of rotatable bonds is 2. The Morgan fingerprint density at radius 1 is 1.27 bits per heavy atom. The van der Waals surface area contributed by atoms with E-state index in [1.54, 1.807) is 25.1 Å². The Balaban J connectivity index is 3.11. The van der Waals surface area contributed by atoms with Gasteiger partial charge < -0.3 is 9.47 Å². The fourth-order valence-corrected chi connectivity index (χ4v) is 1.21. The first kappa shape index (κ1) is 11.2. The second-order valence-electron chi connectivity index (χ2n) is 3.01. The van der Waals surface area contributed by atoms with Gasteiger partial charge in [0.25, 0.3) is 0 Å². The second kappa shape index (κ2) is 4.59. The Morgan fingerprint density at radius 3 is 2.47 bits per heavy atom. The van der Waals surface area contributed by atoms with Crippen molar-refractivity contribution in [3.63, 3.8) is 0 Å². The molecule has 4 nitrogen and oxygen atoms in total. The lowest BCUT2D eigenvalue weighted by atomic mass is 10.1. The molecule has 0 aliphatic rings. The van der Waals surface area contributed by atoms with E-state index in [0.717, 1.165) is 0 Å². The maximum Gasteiger partial charge on any atom is 0.338 e. The number of hydrogen-bond donors (Lipinski definition) is 0. The van der Waals surface area contributed by atoms with Crippen molar-refractivity contribution < 1.29 is 19.1 Å². The molecular weight excluding hydrogens is 196 g/mol. The summed E-state index contributed by atoms with van der Waals surface area (Å²) in [6, 6.07) is 4.88. The molecule has 0 aliphatic carbocycles. The summed E-state index contributed by atoms with van der Waals surface area (Å²) in [6.45, 7) is 3.01. The van der Waals surface area contributed by atoms with Crippen LogP contribution in [0.3, 0.4) is 0 Å². The average Bonchev–Trinajstić information content (AvgIpc) is 2.19. The standard InChI is InChI=1S/C11H12O4/c1-7-9(11(13)14-3)5-4-6-10(7)15-8(2)12/h4-6H,1-3H3. The lowest BCUT2D eigenvalue weighted by Gasteiger charge is -2.08. The van der Waals surface area contributed by atoms with Gasteiger partial charge >= 0.3 is 11.9 Å². The second-order valence-corrected chi connectivity index (χ2v) is 3.01. The Hall–Kier alpha value is -1.84. The highest BCUT2D eigenvalue weighted by molar-refractivity contribution is 5.91. The molecule has 0 bridgehead atoms. The molecule has 1 aromatic carbocycles. The molecular formula is C11H12O4. The molecule has 0 aromatic heterocycles.